The molecule has 31 heavy (non-hydrogen) atoms. The van der Waals surface area contributed by atoms with Crippen molar-refractivity contribution in [1.29, 1.82) is 0 Å². The van der Waals surface area contributed by atoms with Gasteiger partial charge in [0.1, 0.15) is 5.75 Å². The Morgan fingerprint density at radius 3 is 2.71 bits per heavy atom. The molecule has 0 N–H and O–H groups in total. The number of benzene rings is 1. The first-order chi connectivity index (χ1) is 15.1. The van der Waals surface area contributed by atoms with E-state index in [1.54, 1.807) is 27.3 Å². The highest BCUT2D eigenvalue weighted by atomic mass is 32.2. The lowest BCUT2D eigenvalue weighted by atomic mass is 10.2. The van der Waals surface area contributed by atoms with Gasteiger partial charge in [-0.15, -0.1) is 5.10 Å². The molecular weight excluding hydrogens is 416 g/mol. The number of rotatable bonds is 5. The first-order valence-electron chi connectivity index (χ1n) is 10.1. The van der Waals surface area contributed by atoms with E-state index in [1.165, 1.54) is 24.2 Å². The number of methoxy groups -OCH3 is 1. The molecule has 0 unspecified atom stereocenters. The van der Waals surface area contributed by atoms with Gasteiger partial charge in [-0.1, -0.05) is 44.2 Å². The van der Waals surface area contributed by atoms with Crippen LogP contribution < -0.4 is 10.3 Å². The van der Waals surface area contributed by atoms with Gasteiger partial charge < -0.3 is 14.2 Å². The number of thioether (sulfide) groups is 1. The van der Waals surface area contributed by atoms with Crippen molar-refractivity contribution >= 4 is 17.7 Å². The van der Waals surface area contributed by atoms with Gasteiger partial charge in [-0.3, -0.25) is 9.59 Å². The third kappa shape index (κ3) is 5.52. The van der Waals surface area contributed by atoms with Crippen molar-refractivity contribution in [2.24, 2.45) is 0 Å². The SMILES string of the molecule is CCC.COc1cccc(-n2nnnc2SCC(=O)N2CCn3c(cccc3=O)C2)c1. The van der Waals surface area contributed by atoms with E-state index in [4.69, 9.17) is 4.74 Å². The molecule has 0 atom stereocenters. The minimum atomic E-state index is -0.0311. The Morgan fingerprint density at radius 1 is 1.16 bits per heavy atom. The summed E-state index contributed by atoms with van der Waals surface area (Å²) in [7, 11) is 1.60. The van der Waals surface area contributed by atoms with E-state index in [-0.39, 0.29) is 17.2 Å². The van der Waals surface area contributed by atoms with Crippen LogP contribution in [0.2, 0.25) is 0 Å². The first kappa shape index (κ1) is 22.5. The summed E-state index contributed by atoms with van der Waals surface area (Å²) >= 11 is 1.27. The summed E-state index contributed by atoms with van der Waals surface area (Å²) in [5.74, 6) is 0.886. The largest absolute Gasteiger partial charge is 0.497 e. The van der Waals surface area contributed by atoms with Crippen LogP contribution in [0.25, 0.3) is 5.69 Å². The van der Waals surface area contributed by atoms with E-state index in [1.807, 2.05) is 30.3 Å². The van der Waals surface area contributed by atoms with E-state index < -0.39 is 0 Å². The minimum Gasteiger partial charge on any atom is -0.497 e. The number of tetrazole rings is 1. The average Bonchev–Trinajstić information content (AvgIpc) is 3.27. The highest BCUT2D eigenvalue weighted by molar-refractivity contribution is 7.99. The Bertz CT molecular complexity index is 1080. The second-order valence-corrected chi connectivity index (χ2v) is 7.84. The summed E-state index contributed by atoms with van der Waals surface area (Å²) in [5, 5.41) is 12.3. The molecular formula is C21H26N6O3S. The van der Waals surface area contributed by atoms with E-state index >= 15 is 0 Å². The van der Waals surface area contributed by atoms with Crippen molar-refractivity contribution < 1.29 is 9.53 Å². The Kier molecular flexibility index (Phi) is 7.82. The van der Waals surface area contributed by atoms with Gasteiger partial charge in [-0.25, -0.2) is 0 Å². The maximum Gasteiger partial charge on any atom is 0.250 e. The molecule has 1 amide bonds. The molecule has 0 saturated heterocycles. The summed E-state index contributed by atoms with van der Waals surface area (Å²) < 4.78 is 8.52. The van der Waals surface area contributed by atoms with Gasteiger partial charge in [-0.05, 0) is 28.6 Å². The monoisotopic (exact) mass is 442 g/mol. The van der Waals surface area contributed by atoms with Crippen LogP contribution in [0.15, 0.2) is 52.4 Å². The lowest BCUT2D eigenvalue weighted by Gasteiger charge is -2.29. The van der Waals surface area contributed by atoms with Gasteiger partial charge in [0.15, 0.2) is 0 Å². The highest BCUT2D eigenvalue weighted by Crippen LogP contribution is 2.22. The maximum absolute atomic E-state index is 12.7. The Morgan fingerprint density at radius 2 is 1.94 bits per heavy atom. The number of ether oxygens (including phenoxy) is 1. The number of hydrogen-bond donors (Lipinski definition) is 0. The van der Waals surface area contributed by atoms with Gasteiger partial charge >= 0.3 is 0 Å². The van der Waals surface area contributed by atoms with E-state index in [0.29, 0.717) is 30.5 Å². The van der Waals surface area contributed by atoms with Gasteiger partial charge in [0, 0.05) is 30.9 Å². The van der Waals surface area contributed by atoms with Gasteiger partial charge in [0.25, 0.3) is 5.56 Å². The molecule has 9 nitrogen and oxygen atoms in total. The molecule has 1 aliphatic heterocycles. The number of carbonyl (C=O) groups excluding carboxylic acids is 1. The van der Waals surface area contributed by atoms with Crippen molar-refractivity contribution in [3.05, 3.63) is 58.5 Å². The predicted octanol–water partition coefficient (Wildman–Crippen LogP) is 2.38. The molecule has 1 aromatic carbocycles. The normalized spacial score (nSPS) is 12.5. The fraction of sp³-hybridized carbons (Fsp3) is 0.381. The molecule has 10 heteroatoms. The van der Waals surface area contributed by atoms with E-state index in [9.17, 15) is 9.59 Å². The fourth-order valence-corrected chi connectivity index (χ4v) is 3.85. The molecule has 2 aromatic heterocycles. The van der Waals surface area contributed by atoms with E-state index in [0.717, 1.165) is 11.4 Å². The van der Waals surface area contributed by atoms with Gasteiger partial charge in [0.05, 0.1) is 25.1 Å². The zero-order valence-electron chi connectivity index (χ0n) is 17.9. The number of carbonyl (C=O) groups is 1. The van der Waals surface area contributed by atoms with Gasteiger partial charge in [-0.2, -0.15) is 4.68 Å². The number of hydrogen-bond acceptors (Lipinski definition) is 7. The van der Waals surface area contributed by atoms with Crippen LogP contribution >= 0.6 is 11.8 Å². The molecule has 164 valence electrons. The number of nitrogens with zero attached hydrogens (tertiary/aromatic N) is 6. The topological polar surface area (TPSA) is 95.1 Å². The average molecular weight is 443 g/mol. The summed E-state index contributed by atoms with van der Waals surface area (Å²) in [6, 6.07) is 12.5. The van der Waals surface area contributed by atoms with Gasteiger partial charge in [0.2, 0.25) is 11.1 Å². The van der Waals surface area contributed by atoms with Crippen LogP contribution in [0.4, 0.5) is 0 Å². The quantitative estimate of drug-likeness (QED) is 0.560. The van der Waals surface area contributed by atoms with Crippen molar-refractivity contribution in [2.45, 2.75) is 38.5 Å². The molecule has 0 saturated carbocycles. The molecule has 3 aromatic rings. The molecule has 0 spiro atoms. The number of amides is 1. The molecule has 4 rings (SSSR count). The molecule has 3 heterocycles. The number of fused-ring (bicyclic) bond motifs is 1. The smallest absolute Gasteiger partial charge is 0.250 e. The van der Waals surface area contributed by atoms with Crippen LogP contribution in [0.5, 0.6) is 5.75 Å². The maximum atomic E-state index is 12.7. The van der Waals surface area contributed by atoms with Crippen molar-refractivity contribution in [3.8, 4) is 11.4 Å². The Hall–Kier alpha value is -3.14. The minimum absolute atomic E-state index is 0.0206. The summed E-state index contributed by atoms with van der Waals surface area (Å²) in [6.07, 6.45) is 1.25. The first-order valence-corrected chi connectivity index (χ1v) is 11.1. The Balaban J connectivity index is 0.000000858. The van der Waals surface area contributed by atoms with Crippen molar-refractivity contribution in [3.63, 3.8) is 0 Å². The third-order valence-electron chi connectivity index (χ3n) is 4.50. The molecule has 0 radical (unpaired) electrons. The number of aromatic nitrogens is 5. The van der Waals surface area contributed by atoms with Crippen LogP contribution in [-0.4, -0.2) is 55.0 Å². The predicted molar refractivity (Wildman–Crippen MR) is 119 cm³/mol. The van der Waals surface area contributed by atoms with Crippen LogP contribution in [0.1, 0.15) is 26.0 Å². The van der Waals surface area contributed by atoms with Crippen LogP contribution in [0, 0.1) is 0 Å². The highest BCUT2D eigenvalue weighted by Gasteiger charge is 2.22. The Labute approximate surface area is 185 Å². The fourth-order valence-electron chi connectivity index (χ4n) is 3.05. The lowest BCUT2D eigenvalue weighted by molar-refractivity contribution is -0.129. The second-order valence-electron chi connectivity index (χ2n) is 6.89. The van der Waals surface area contributed by atoms with Crippen LogP contribution in [0.3, 0.4) is 0 Å². The number of pyridine rings is 1. The molecule has 1 aliphatic rings. The summed E-state index contributed by atoms with van der Waals surface area (Å²) in [5.41, 5.74) is 1.57. The van der Waals surface area contributed by atoms with E-state index in [2.05, 4.69) is 29.4 Å². The second kappa shape index (κ2) is 10.8. The van der Waals surface area contributed by atoms with Crippen LogP contribution in [-0.2, 0) is 17.9 Å². The molecule has 0 aliphatic carbocycles. The van der Waals surface area contributed by atoms with Crippen molar-refractivity contribution in [2.75, 3.05) is 19.4 Å². The zero-order chi connectivity index (χ0) is 22.2. The summed E-state index contributed by atoms with van der Waals surface area (Å²) in [4.78, 5) is 26.3. The third-order valence-corrected chi connectivity index (χ3v) is 5.41. The standard InChI is InChI=1S/C18H18N6O3S.C3H8/c1-27-15-6-2-4-13(10-15)24-18(19-20-21-24)28-12-17(26)22-8-9-23-14(11-22)5-3-7-16(23)25;1-3-2/h2-7,10H,8-9,11-12H2,1H3;3H2,1-2H3. The molecule has 0 fully saturated rings. The summed E-state index contributed by atoms with van der Waals surface area (Å²) in [6.45, 7) is 5.69. The van der Waals surface area contributed by atoms with Crippen molar-refractivity contribution in [1.82, 2.24) is 29.7 Å². The zero-order valence-corrected chi connectivity index (χ0v) is 18.7. The molecule has 0 bridgehead atoms. The lowest BCUT2D eigenvalue weighted by Crippen LogP contribution is -2.42.